The van der Waals surface area contributed by atoms with Crippen molar-refractivity contribution in [2.24, 2.45) is 5.92 Å². The van der Waals surface area contributed by atoms with Crippen LogP contribution in [0.3, 0.4) is 0 Å². The summed E-state index contributed by atoms with van der Waals surface area (Å²) in [7, 11) is 1.60. The van der Waals surface area contributed by atoms with Gasteiger partial charge >= 0.3 is 6.03 Å². The summed E-state index contributed by atoms with van der Waals surface area (Å²) >= 11 is 0. The van der Waals surface area contributed by atoms with E-state index in [-0.39, 0.29) is 6.03 Å². The van der Waals surface area contributed by atoms with Gasteiger partial charge in [-0.2, -0.15) is 0 Å². The Hall–Kier alpha value is -1.71. The number of hydrogen-bond donors (Lipinski definition) is 2. The van der Waals surface area contributed by atoms with Crippen LogP contribution in [0.4, 0.5) is 10.5 Å². The molecule has 0 aliphatic heterocycles. The lowest BCUT2D eigenvalue weighted by atomic mass is 10.2. The van der Waals surface area contributed by atoms with Crippen LogP contribution in [0.25, 0.3) is 0 Å². The zero-order valence-corrected chi connectivity index (χ0v) is 10.2. The Morgan fingerprint density at radius 2 is 2.24 bits per heavy atom. The van der Waals surface area contributed by atoms with E-state index in [4.69, 9.17) is 4.74 Å². The predicted molar refractivity (Wildman–Crippen MR) is 67.5 cm³/mol. The Bertz CT molecular complexity index is 414. The summed E-state index contributed by atoms with van der Waals surface area (Å²) in [6, 6.07) is 5.54. The molecule has 0 saturated heterocycles. The maximum atomic E-state index is 11.6. The summed E-state index contributed by atoms with van der Waals surface area (Å²) in [6.45, 7) is 2.74. The number of benzene rings is 1. The van der Waals surface area contributed by atoms with Crippen molar-refractivity contribution >= 4 is 11.7 Å². The van der Waals surface area contributed by atoms with Gasteiger partial charge in [-0.05, 0) is 43.4 Å². The molecule has 1 aliphatic carbocycles. The lowest BCUT2D eigenvalue weighted by molar-refractivity contribution is 0.251. The molecule has 0 spiro atoms. The molecule has 1 saturated carbocycles. The van der Waals surface area contributed by atoms with Crippen LogP contribution in [0.1, 0.15) is 18.4 Å². The monoisotopic (exact) mass is 234 g/mol. The van der Waals surface area contributed by atoms with Crippen molar-refractivity contribution in [3.05, 3.63) is 23.8 Å². The highest BCUT2D eigenvalue weighted by molar-refractivity contribution is 5.91. The van der Waals surface area contributed by atoms with Gasteiger partial charge in [-0.3, -0.25) is 0 Å². The largest absolute Gasteiger partial charge is 0.495 e. The number of urea groups is 1. The number of carbonyl (C=O) groups is 1. The number of hydrogen-bond acceptors (Lipinski definition) is 2. The number of anilines is 1. The van der Waals surface area contributed by atoms with E-state index in [0.29, 0.717) is 17.4 Å². The van der Waals surface area contributed by atoms with Crippen molar-refractivity contribution in [3.8, 4) is 5.75 Å². The highest BCUT2D eigenvalue weighted by Gasteiger charge is 2.21. The van der Waals surface area contributed by atoms with E-state index in [1.54, 1.807) is 7.11 Å². The summed E-state index contributed by atoms with van der Waals surface area (Å²) in [6.07, 6.45) is 2.46. The summed E-state index contributed by atoms with van der Waals surface area (Å²) in [5.74, 6) is 1.36. The van der Waals surface area contributed by atoms with Crippen molar-refractivity contribution < 1.29 is 9.53 Å². The smallest absolute Gasteiger partial charge is 0.319 e. The molecular weight excluding hydrogens is 216 g/mol. The highest BCUT2D eigenvalue weighted by Crippen LogP contribution is 2.28. The van der Waals surface area contributed by atoms with Gasteiger partial charge in [0.05, 0.1) is 12.8 Å². The molecule has 2 amide bonds. The fourth-order valence-electron chi connectivity index (χ4n) is 1.65. The number of amides is 2. The number of ether oxygens (including phenoxy) is 1. The first kappa shape index (κ1) is 11.8. The molecule has 92 valence electrons. The maximum Gasteiger partial charge on any atom is 0.319 e. The summed E-state index contributed by atoms with van der Waals surface area (Å²) < 4.78 is 5.20. The van der Waals surface area contributed by atoms with E-state index in [2.05, 4.69) is 10.6 Å². The molecule has 2 rings (SSSR count). The second-order valence-electron chi connectivity index (χ2n) is 4.48. The van der Waals surface area contributed by atoms with E-state index in [1.165, 1.54) is 12.8 Å². The van der Waals surface area contributed by atoms with Crippen LogP contribution >= 0.6 is 0 Å². The third-order valence-electron chi connectivity index (χ3n) is 2.85. The third-order valence-corrected chi connectivity index (χ3v) is 2.85. The van der Waals surface area contributed by atoms with Crippen LogP contribution < -0.4 is 15.4 Å². The molecule has 0 unspecified atom stereocenters. The second-order valence-corrected chi connectivity index (χ2v) is 4.48. The van der Waals surface area contributed by atoms with Gasteiger partial charge in [-0.1, -0.05) is 6.07 Å². The van der Waals surface area contributed by atoms with Crippen LogP contribution in [0.15, 0.2) is 18.2 Å². The van der Waals surface area contributed by atoms with Crippen LogP contribution in [0.5, 0.6) is 5.75 Å². The van der Waals surface area contributed by atoms with Gasteiger partial charge in [-0.15, -0.1) is 0 Å². The van der Waals surface area contributed by atoms with Crippen LogP contribution in [-0.4, -0.2) is 19.7 Å². The first-order valence-corrected chi connectivity index (χ1v) is 5.88. The van der Waals surface area contributed by atoms with Gasteiger partial charge in [-0.25, -0.2) is 4.79 Å². The van der Waals surface area contributed by atoms with Crippen molar-refractivity contribution in [3.63, 3.8) is 0 Å². The standard InChI is InChI=1S/C13H18N2O2/c1-9-3-6-12(17-2)11(7-9)15-13(16)14-8-10-4-5-10/h3,6-7,10H,4-5,8H2,1-2H3,(H2,14,15,16). The molecule has 0 aromatic heterocycles. The van der Waals surface area contributed by atoms with E-state index < -0.39 is 0 Å². The lowest BCUT2D eigenvalue weighted by Gasteiger charge is -2.11. The van der Waals surface area contributed by atoms with Crippen LogP contribution in [-0.2, 0) is 0 Å². The van der Waals surface area contributed by atoms with E-state index in [0.717, 1.165) is 12.1 Å². The Labute approximate surface area is 101 Å². The van der Waals surface area contributed by atoms with Crippen LogP contribution in [0.2, 0.25) is 0 Å². The number of methoxy groups -OCH3 is 1. The summed E-state index contributed by atoms with van der Waals surface area (Å²) in [5.41, 5.74) is 1.80. The average molecular weight is 234 g/mol. The molecule has 1 fully saturated rings. The van der Waals surface area contributed by atoms with Gasteiger partial charge in [0.2, 0.25) is 0 Å². The third kappa shape index (κ3) is 3.37. The number of rotatable bonds is 4. The van der Waals surface area contributed by atoms with Gasteiger partial charge in [0.1, 0.15) is 5.75 Å². The Balaban J connectivity index is 1.95. The van der Waals surface area contributed by atoms with Crippen molar-refractivity contribution in [2.75, 3.05) is 19.0 Å². The normalized spacial score (nSPS) is 14.2. The summed E-state index contributed by atoms with van der Waals surface area (Å²) in [4.78, 5) is 11.6. The van der Waals surface area contributed by atoms with E-state index >= 15 is 0 Å². The van der Waals surface area contributed by atoms with Crippen LogP contribution in [0, 0.1) is 12.8 Å². The molecule has 0 bridgehead atoms. The predicted octanol–water partition coefficient (Wildman–Crippen LogP) is 2.54. The van der Waals surface area contributed by atoms with Gasteiger partial charge in [0.25, 0.3) is 0 Å². The average Bonchev–Trinajstić information content (AvgIpc) is 3.10. The minimum absolute atomic E-state index is 0.166. The Morgan fingerprint density at radius 1 is 1.47 bits per heavy atom. The molecule has 0 heterocycles. The molecule has 17 heavy (non-hydrogen) atoms. The van der Waals surface area contributed by atoms with Crippen molar-refractivity contribution in [1.82, 2.24) is 5.32 Å². The molecule has 0 radical (unpaired) electrons. The fraction of sp³-hybridized carbons (Fsp3) is 0.462. The lowest BCUT2D eigenvalue weighted by Crippen LogP contribution is -2.30. The zero-order chi connectivity index (χ0) is 12.3. The minimum Gasteiger partial charge on any atom is -0.495 e. The van der Waals surface area contributed by atoms with Gasteiger partial charge in [0.15, 0.2) is 0 Å². The minimum atomic E-state index is -0.166. The number of carbonyl (C=O) groups excluding carboxylic acids is 1. The maximum absolute atomic E-state index is 11.6. The first-order chi connectivity index (χ1) is 8.19. The Morgan fingerprint density at radius 3 is 2.88 bits per heavy atom. The molecule has 1 aliphatic rings. The zero-order valence-electron chi connectivity index (χ0n) is 10.2. The quantitative estimate of drug-likeness (QED) is 0.841. The molecule has 0 atom stereocenters. The number of aryl methyl sites for hydroxylation is 1. The van der Waals surface area contributed by atoms with Gasteiger partial charge in [0, 0.05) is 6.54 Å². The topological polar surface area (TPSA) is 50.4 Å². The highest BCUT2D eigenvalue weighted by atomic mass is 16.5. The Kier molecular flexibility index (Phi) is 3.52. The molecule has 1 aromatic carbocycles. The summed E-state index contributed by atoms with van der Waals surface area (Å²) in [5, 5.41) is 5.67. The molecule has 2 N–H and O–H groups in total. The molecule has 1 aromatic rings. The molecular formula is C13H18N2O2. The fourth-order valence-corrected chi connectivity index (χ4v) is 1.65. The van der Waals surface area contributed by atoms with E-state index in [9.17, 15) is 4.79 Å². The van der Waals surface area contributed by atoms with Gasteiger partial charge < -0.3 is 15.4 Å². The molecule has 4 nitrogen and oxygen atoms in total. The first-order valence-electron chi connectivity index (χ1n) is 5.88. The number of nitrogens with one attached hydrogen (secondary N) is 2. The van der Waals surface area contributed by atoms with Crippen molar-refractivity contribution in [2.45, 2.75) is 19.8 Å². The van der Waals surface area contributed by atoms with E-state index in [1.807, 2.05) is 25.1 Å². The van der Waals surface area contributed by atoms with Crippen molar-refractivity contribution in [1.29, 1.82) is 0 Å². The molecule has 4 heteroatoms. The second kappa shape index (κ2) is 5.08. The SMILES string of the molecule is COc1ccc(C)cc1NC(=O)NCC1CC1.